The van der Waals surface area contributed by atoms with Crippen molar-refractivity contribution < 1.29 is 28.9 Å². The molecular weight excluding hydrogens is 242 g/mol. The van der Waals surface area contributed by atoms with Gasteiger partial charge in [-0.3, -0.25) is 0 Å². The number of carbonyl (C=O) groups excluding carboxylic acids is 2. The fourth-order valence-electron chi connectivity index (χ4n) is 0.902. The van der Waals surface area contributed by atoms with Crippen molar-refractivity contribution in [3.63, 3.8) is 0 Å². The molecule has 7 heteroatoms. The van der Waals surface area contributed by atoms with Gasteiger partial charge in [-0.05, 0) is 20.8 Å². The van der Waals surface area contributed by atoms with Crippen molar-refractivity contribution in [3.8, 4) is 0 Å². The third-order valence-electron chi connectivity index (χ3n) is 1.53. The highest BCUT2D eigenvalue weighted by Crippen LogP contribution is 2.05. The zero-order chi connectivity index (χ0) is 14.0. The van der Waals surface area contributed by atoms with E-state index in [1.807, 2.05) is 0 Å². The van der Waals surface area contributed by atoms with Gasteiger partial charge in [-0.1, -0.05) is 0 Å². The Labute approximate surface area is 106 Å². The maximum absolute atomic E-state index is 11.2. The maximum Gasteiger partial charge on any atom is 0.407 e. The Balaban J connectivity index is 3.35. The summed E-state index contributed by atoms with van der Waals surface area (Å²) in [7, 11) is 0. The second kappa shape index (κ2) is 8.71. The highest BCUT2D eigenvalue weighted by atomic mass is 16.6. The van der Waals surface area contributed by atoms with Crippen LogP contribution < -0.4 is 5.32 Å². The van der Waals surface area contributed by atoms with Gasteiger partial charge in [0.2, 0.25) is 0 Å². The molecule has 0 heterocycles. The van der Waals surface area contributed by atoms with E-state index >= 15 is 0 Å². The first-order chi connectivity index (χ1) is 8.35. The molecule has 106 valence electrons. The Hall–Kier alpha value is -1.34. The van der Waals surface area contributed by atoms with E-state index in [1.165, 1.54) is 0 Å². The van der Waals surface area contributed by atoms with Gasteiger partial charge in [0.15, 0.2) is 0 Å². The normalized spacial score (nSPS) is 10.9. The molecule has 0 saturated heterocycles. The smallest absolute Gasteiger partial charge is 0.407 e. The van der Waals surface area contributed by atoms with Gasteiger partial charge in [0.25, 0.3) is 0 Å². The number of hydrogen-bond acceptors (Lipinski definition) is 6. The van der Waals surface area contributed by atoms with Gasteiger partial charge in [-0.2, -0.15) is 0 Å². The van der Waals surface area contributed by atoms with Crippen LogP contribution in [0.15, 0.2) is 0 Å². The number of amides is 1. The number of ether oxygens (including phenoxy) is 3. The molecule has 1 amide bonds. The average Bonchev–Trinajstić information content (AvgIpc) is 2.25. The van der Waals surface area contributed by atoms with Crippen molar-refractivity contribution in [1.82, 2.24) is 5.32 Å². The van der Waals surface area contributed by atoms with Crippen molar-refractivity contribution in [2.75, 3.05) is 33.0 Å². The predicted octanol–water partition coefficient (Wildman–Crippen LogP) is 0.0632. The van der Waals surface area contributed by atoms with Gasteiger partial charge in [-0.15, -0.1) is 0 Å². The summed E-state index contributed by atoms with van der Waals surface area (Å²) in [6, 6.07) is 0. The summed E-state index contributed by atoms with van der Waals surface area (Å²) in [5.41, 5.74) is -0.524. The highest BCUT2D eigenvalue weighted by molar-refractivity contribution is 5.70. The van der Waals surface area contributed by atoms with E-state index in [9.17, 15) is 9.59 Å². The van der Waals surface area contributed by atoms with Gasteiger partial charge < -0.3 is 24.6 Å². The molecule has 0 atom stereocenters. The van der Waals surface area contributed by atoms with Crippen molar-refractivity contribution in [1.29, 1.82) is 0 Å². The van der Waals surface area contributed by atoms with E-state index in [0.717, 1.165) is 0 Å². The minimum Gasteiger partial charge on any atom is -0.462 e. The largest absolute Gasteiger partial charge is 0.462 e. The van der Waals surface area contributed by atoms with Crippen LogP contribution in [0.4, 0.5) is 4.79 Å². The van der Waals surface area contributed by atoms with Crippen LogP contribution in [0.3, 0.4) is 0 Å². The molecule has 0 unspecified atom stereocenters. The molecule has 0 aromatic rings. The summed E-state index contributed by atoms with van der Waals surface area (Å²) >= 11 is 0. The van der Waals surface area contributed by atoms with E-state index < -0.39 is 24.3 Å². The minimum absolute atomic E-state index is 0.0752. The van der Waals surface area contributed by atoms with Crippen LogP contribution in [-0.2, 0) is 19.0 Å². The lowest BCUT2D eigenvalue weighted by Crippen LogP contribution is -2.34. The van der Waals surface area contributed by atoms with Crippen LogP contribution in [0.2, 0.25) is 0 Å². The number of alkyl carbamates (subject to hydrolysis) is 1. The lowest BCUT2D eigenvalue weighted by molar-refractivity contribution is -0.148. The maximum atomic E-state index is 11.2. The SMILES string of the molecule is CC(C)(C)OC(=O)NCCOCCOC(=O)CO. The Morgan fingerprint density at radius 1 is 1.17 bits per heavy atom. The van der Waals surface area contributed by atoms with Gasteiger partial charge in [-0.25, -0.2) is 9.59 Å². The number of rotatable bonds is 7. The van der Waals surface area contributed by atoms with Crippen molar-refractivity contribution in [3.05, 3.63) is 0 Å². The monoisotopic (exact) mass is 263 g/mol. The summed E-state index contributed by atoms with van der Waals surface area (Å²) in [4.78, 5) is 21.7. The third kappa shape index (κ3) is 11.2. The molecule has 0 rings (SSSR count). The molecule has 0 spiro atoms. The van der Waals surface area contributed by atoms with Crippen LogP contribution >= 0.6 is 0 Å². The van der Waals surface area contributed by atoms with Gasteiger partial charge in [0, 0.05) is 6.54 Å². The molecule has 0 aliphatic rings. The second-order valence-corrected chi connectivity index (χ2v) is 4.42. The minimum atomic E-state index is -0.689. The Bertz CT molecular complexity index is 261. The zero-order valence-corrected chi connectivity index (χ0v) is 11.0. The predicted molar refractivity (Wildman–Crippen MR) is 63.1 cm³/mol. The van der Waals surface area contributed by atoms with Gasteiger partial charge in [0.1, 0.15) is 18.8 Å². The van der Waals surface area contributed by atoms with E-state index in [1.54, 1.807) is 20.8 Å². The molecule has 0 saturated carbocycles. The van der Waals surface area contributed by atoms with Gasteiger partial charge in [0.05, 0.1) is 13.2 Å². The van der Waals surface area contributed by atoms with Crippen LogP contribution in [0, 0.1) is 0 Å². The number of esters is 1. The molecule has 0 bridgehead atoms. The molecule has 0 aliphatic heterocycles. The van der Waals surface area contributed by atoms with Crippen molar-refractivity contribution >= 4 is 12.1 Å². The molecule has 7 nitrogen and oxygen atoms in total. The lowest BCUT2D eigenvalue weighted by atomic mass is 10.2. The summed E-state index contributed by atoms with van der Waals surface area (Å²) in [6.07, 6.45) is -0.502. The first-order valence-electron chi connectivity index (χ1n) is 5.66. The van der Waals surface area contributed by atoms with Gasteiger partial charge >= 0.3 is 12.1 Å². The first-order valence-corrected chi connectivity index (χ1v) is 5.66. The van der Waals surface area contributed by atoms with Crippen LogP contribution in [0.1, 0.15) is 20.8 Å². The van der Waals surface area contributed by atoms with E-state index in [-0.39, 0.29) is 19.8 Å². The quantitative estimate of drug-likeness (QED) is 0.498. The van der Waals surface area contributed by atoms with Crippen LogP contribution in [0.5, 0.6) is 0 Å². The lowest BCUT2D eigenvalue weighted by Gasteiger charge is -2.19. The number of carbonyl (C=O) groups is 2. The summed E-state index contributed by atoms with van der Waals surface area (Å²) in [6.45, 7) is 5.57. The second-order valence-electron chi connectivity index (χ2n) is 4.42. The van der Waals surface area contributed by atoms with E-state index in [4.69, 9.17) is 14.6 Å². The van der Waals surface area contributed by atoms with Crippen molar-refractivity contribution in [2.45, 2.75) is 26.4 Å². The van der Waals surface area contributed by atoms with E-state index in [0.29, 0.717) is 6.54 Å². The number of nitrogens with one attached hydrogen (secondary N) is 1. The fraction of sp³-hybridized carbons (Fsp3) is 0.818. The Morgan fingerprint density at radius 3 is 2.39 bits per heavy atom. The molecule has 2 N–H and O–H groups in total. The summed E-state index contributed by atoms with van der Waals surface area (Å²) in [5.74, 6) is -0.689. The molecular formula is C11H21NO6. The summed E-state index contributed by atoms with van der Waals surface area (Å²) < 4.78 is 14.6. The molecule has 0 aromatic heterocycles. The third-order valence-corrected chi connectivity index (χ3v) is 1.53. The molecule has 0 radical (unpaired) electrons. The Morgan fingerprint density at radius 2 is 1.83 bits per heavy atom. The molecule has 18 heavy (non-hydrogen) atoms. The van der Waals surface area contributed by atoms with Crippen molar-refractivity contribution in [2.24, 2.45) is 0 Å². The molecule has 0 aliphatic carbocycles. The molecule has 0 fully saturated rings. The zero-order valence-electron chi connectivity index (χ0n) is 11.0. The van der Waals surface area contributed by atoms with E-state index in [2.05, 4.69) is 10.1 Å². The van der Waals surface area contributed by atoms with Crippen LogP contribution in [0.25, 0.3) is 0 Å². The highest BCUT2D eigenvalue weighted by Gasteiger charge is 2.15. The number of hydrogen-bond donors (Lipinski definition) is 2. The number of aliphatic hydroxyl groups excluding tert-OH is 1. The number of aliphatic hydroxyl groups is 1. The standard InChI is InChI=1S/C11H21NO6/c1-11(2,3)18-10(15)12-4-5-16-6-7-17-9(14)8-13/h13H,4-8H2,1-3H3,(H,12,15). The average molecular weight is 263 g/mol. The Kier molecular flexibility index (Phi) is 8.06. The molecule has 0 aromatic carbocycles. The first kappa shape index (κ1) is 16.7. The summed E-state index contributed by atoms with van der Waals surface area (Å²) in [5, 5.41) is 10.9. The van der Waals surface area contributed by atoms with Crippen LogP contribution in [-0.4, -0.2) is 55.7 Å². The topological polar surface area (TPSA) is 94.1 Å². The fourth-order valence-corrected chi connectivity index (χ4v) is 0.902.